The van der Waals surface area contributed by atoms with E-state index in [1.54, 1.807) is 0 Å². The number of carbonyl (C=O) groups excluding carboxylic acids is 4. The molecule has 486 valence electrons. The third-order valence-corrected chi connectivity index (χ3v) is 16.4. The molecule has 0 spiro atoms. The van der Waals surface area contributed by atoms with Crippen LogP contribution in [0.2, 0.25) is 0 Å². The smallest absolute Gasteiger partial charge is 0.462 e. The number of aliphatic hydroxyl groups is 1. The molecule has 5 atom stereocenters. The summed E-state index contributed by atoms with van der Waals surface area (Å²) in [4.78, 5) is 71.7. The number of hydrogen-bond acceptors (Lipinski definition) is 15. The van der Waals surface area contributed by atoms with Gasteiger partial charge in [0.2, 0.25) is 0 Å². The fourth-order valence-corrected chi connectivity index (χ4v) is 11.0. The summed E-state index contributed by atoms with van der Waals surface area (Å²) in [5.74, 6) is -1.45. The molecule has 0 aliphatic heterocycles. The van der Waals surface area contributed by atoms with E-state index in [2.05, 4.69) is 34.6 Å². The number of ether oxygens (including phenoxy) is 4. The molecule has 0 aromatic rings. The Morgan fingerprint density at radius 1 is 0.329 bits per heavy atom. The number of phosphoric acid groups is 2. The molecule has 2 unspecified atom stereocenters. The summed E-state index contributed by atoms with van der Waals surface area (Å²) in [6, 6.07) is 0. The van der Waals surface area contributed by atoms with Crippen LogP contribution in [0.25, 0.3) is 0 Å². The van der Waals surface area contributed by atoms with Gasteiger partial charge in [-0.05, 0) is 31.6 Å². The van der Waals surface area contributed by atoms with Crippen molar-refractivity contribution in [1.82, 2.24) is 0 Å². The molecule has 0 aliphatic carbocycles. The van der Waals surface area contributed by atoms with E-state index < -0.39 is 97.5 Å². The molecule has 3 N–H and O–H groups in total. The zero-order valence-electron chi connectivity index (χ0n) is 52.6. The van der Waals surface area contributed by atoms with Crippen LogP contribution in [0.1, 0.15) is 317 Å². The van der Waals surface area contributed by atoms with Gasteiger partial charge in [0.1, 0.15) is 19.3 Å². The van der Waals surface area contributed by atoms with Gasteiger partial charge in [0.25, 0.3) is 0 Å². The van der Waals surface area contributed by atoms with E-state index in [1.165, 1.54) is 116 Å². The standard InChI is InChI=1S/C63H122O17P2/c1-6-9-12-15-17-18-19-20-21-22-23-24-25-26-27-28-29-33-39-44-49-63(68)80-59(53-74-61(66)47-42-37-34-30-32-36-40-45-56(4)5)55-78-82(71,72)76-51-57(64)50-75-81(69,70)77-54-58(52-73-60(65)46-41-35-14-11-8-3)79-62(67)48-43-38-31-16-13-10-7-2/h56-59,64H,6-55H2,1-5H3,(H,69,70)(H,71,72)/t57-,58+,59+/m0/s1. The third-order valence-electron chi connectivity index (χ3n) is 14.5. The van der Waals surface area contributed by atoms with E-state index in [0.29, 0.717) is 31.6 Å². The highest BCUT2D eigenvalue weighted by Crippen LogP contribution is 2.45. The van der Waals surface area contributed by atoms with Gasteiger partial charge in [-0.25, -0.2) is 9.13 Å². The second-order valence-corrected chi connectivity index (χ2v) is 26.2. The minimum Gasteiger partial charge on any atom is -0.462 e. The Morgan fingerprint density at radius 2 is 0.561 bits per heavy atom. The average Bonchev–Trinajstić information content (AvgIpc) is 3.44. The Labute approximate surface area is 498 Å². The first-order valence-electron chi connectivity index (χ1n) is 33.1. The number of carbonyl (C=O) groups is 4. The number of esters is 4. The maximum atomic E-state index is 13.0. The Hall–Kier alpha value is -1.94. The van der Waals surface area contributed by atoms with Crippen LogP contribution >= 0.6 is 15.6 Å². The van der Waals surface area contributed by atoms with Crippen molar-refractivity contribution in [1.29, 1.82) is 0 Å². The first-order chi connectivity index (χ1) is 39.5. The van der Waals surface area contributed by atoms with Crippen molar-refractivity contribution in [3.05, 3.63) is 0 Å². The first kappa shape index (κ1) is 80.1. The van der Waals surface area contributed by atoms with Crippen LogP contribution in [0.3, 0.4) is 0 Å². The van der Waals surface area contributed by atoms with Crippen molar-refractivity contribution in [2.75, 3.05) is 39.6 Å². The lowest BCUT2D eigenvalue weighted by molar-refractivity contribution is -0.161. The number of phosphoric ester groups is 2. The monoisotopic (exact) mass is 1210 g/mol. The number of rotatable bonds is 63. The van der Waals surface area contributed by atoms with Crippen LogP contribution in [0.4, 0.5) is 0 Å². The molecule has 19 heteroatoms. The van der Waals surface area contributed by atoms with Crippen LogP contribution in [-0.4, -0.2) is 96.7 Å². The van der Waals surface area contributed by atoms with Crippen molar-refractivity contribution in [2.45, 2.75) is 335 Å². The molecule has 0 radical (unpaired) electrons. The van der Waals surface area contributed by atoms with Crippen LogP contribution in [0, 0.1) is 5.92 Å². The molecule has 82 heavy (non-hydrogen) atoms. The topological polar surface area (TPSA) is 237 Å². The molecule has 0 saturated heterocycles. The Kier molecular flexibility index (Phi) is 55.5. The quantitative estimate of drug-likeness (QED) is 0.0222. The van der Waals surface area contributed by atoms with Gasteiger partial charge in [-0.2, -0.15) is 0 Å². The molecule has 17 nitrogen and oxygen atoms in total. The van der Waals surface area contributed by atoms with Gasteiger partial charge in [0, 0.05) is 25.7 Å². The summed E-state index contributed by atoms with van der Waals surface area (Å²) < 4.78 is 67.6. The van der Waals surface area contributed by atoms with Gasteiger partial charge in [-0.3, -0.25) is 37.3 Å². The largest absolute Gasteiger partial charge is 0.472 e. The van der Waals surface area contributed by atoms with Gasteiger partial charge in [-0.15, -0.1) is 0 Å². The second-order valence-electron chi connectivity index (χ2n) is 23.3. The second kappa shape index (κ2) is 56.8. The van der Waals surface area contributed by atoms with E-state index >= 15 is 0 Å². The maximum absolute atomic E-state index is 13.0. The number of unbranched alkanes of at least 4 members (excludes halogenated alkanes) is 35. The van der Waals surface area contributed by atoms with Gasteiger partial charge in [0.05, 0.1) is 26.4 Å². The highest BCUT2D eigenvalue weighted by Gasteiger charge is 2.30. The van der Waals surface area contributed by atoms with Gasteiger partial charge in [-0.1, -0.05) is 266 Å². The molecule has 0 aliphatic rings. The molecule has 0 aromatic carbocycles. The van der Waals surface area contributed by atoms with Crippen molar-refractivity contribution >= 4 is 39.5 Å². The van der Waals surface area contributed by atoms with Crippen LogP contribution < -0.4 is 0 Å². The molecular weight excluding hydrogens is 1090 g/mol. The SMILES string of the molecule is CCCCCCCCCCCCCCCCCCCCCCC(=O)O[C@H](COC(=O)CCCCCCCCCC(C)C)COP(=O)(O)OC[C@@H](O)COP(=O)(O)OC[C@@H](COC(=O)CCCCCCC)OC(=O)CCCCCCCCC. The van der Waals surface area contributed by atoms with Crippen molar-refractivity contribution in [2.24, 2.45) is 5.92 Å². The van der Waals surface area contributed by atoms with E-state index in [4.69, 9.17) is 37.0 Å². The molecule has 0 bridgehead atoms. The molecule has 0 heterocycles. The molecule has 0 saturated carbocycles. The van der Waals surface area contributed by atoms with E-state index in [9.17, 15) is 43.2 Å². The Morgan fingerprint density at radius 3 is 0.829 bits per heavy atom. The van der Waals surface area contributed by atoms with E-state index in [0.717, 1.165) is 116 Å². The van der Waals surface area contributed by atoms with Gasteiger partial charge in [0.15, 0.2) is 12.2 Å². The zero-order chi connectivity index (χ0) is 60.6. The average molecular weight is 1210 g/mol. The molecule has 0 fully saturated rings. The summed E-state index contributed by atoms with van der Waals surface area (Å²) in [6.07, 6.45) is 41.1. The Bertz CT molecular complexity index is 1600. The molecule has 0 aromatic heterocycles. The lowest BCUT2D eigenvalue weighted by atomic mass is 10.0. The van der Waals surface area contributed by atoms with Crippen molar-refractivity contribution in [3.8, 4) is 0 Å². The fourth-order valence-electron chi connectivity index (χ4n) is 9.41. The Balaban J connectivity index is 5.06. The highest BCUT2D eigenvalue weighted by atomic mass is 31.2. The van der Waals surface area contributed by atoms with E-state index in [1.807, 2.05) is 0 Å². The van der Waals surface area contributed by atoms with Crippen LogP contribution in [-0.2, 0) is 65.4 Å². The normalized spacial score (nSPS) is 14.3. The van der Waals surface area contributed by atoms with Crippen LogP contribution in [0.5, 0.6) is 0 Å². The van der Waals surface area contributed by atoms with Gasteiger partial charge < -0.3 is 33.8 Å². The first-order valence-corrected chi connectivity index (χ1v) is 36.1. The van der Waals surface area contributed by atoms with Crippen LogP contribution in [0.15, 0.2) is 0 Å². The number of hydrogen-bond donors (Lipinski definition) is 3. The van der Waals surface area contributed by atoms with Crippen molar-refractivity contribution < 1.29 is 80.2 Å². The van der Waals surface area contributed by atoms with Gasteiger partial charge >= 0.3 is 39.5 Å². The summed E-state index contributed by atoms with van der Waals surface area (Å²) in [6.45, 7) is 7.00. The molecular formula is C63H122O17P2. The lowest BCUT2D eigenvalue weighted by Gasteiger charge is -2.21. The summed E-state index contributed by atoms with van der Waals surface area (Å²) in [5, 5.41) is 10.5. The maximum Gasteiger partial charge on any atom is 0.472 e. The summed E-state index contributed by atoms with van der Waals surface area (Å²) >= 11 is 0. The zero-order valence-corrected chi connectivity index (χ0v) is 54.4. The van der Waals surface area contributed by atoms with Crippen molar-refractivity contribution in [3.63, 3.8) is 0 Å². The predicted molar refractivity (Wildman–Crippen MR) is 326 cm³/mol. The summed E-state index contributed by atoms with van der Waals surface area (Å²) in [5.41, 5.74) is 0. The minimum absolute atomic E-state index is 0.103. The molecule has 0 rings (SSSR count). The van der Waals surface area contributed by atoms with E-state index in [-0.39, 0.29) is 25.7 Å². The predicted octanol–water partition coefficient (Wildman–Crippen LogP) is 17.4. The molecule has 0 amide bonds. The third kappa shape index (κ3) is 57.2. The lowest BCUT2D eigenvalue weighted by Crippen LogP contribution is -2.30. The highest BCUT2D eigenvalue weighted by molar-refractivity contribution is 7.47. The minimum atomic E-state index is -4.94. The number of aliphatic hydroxyl groups excluding tert-OH is 1. The fraction of sp³-hybridized carbons (Fsp3) is 0.937. The summed E-state index contributed by atoms with van der Waals surface area (Å²) in [7, 11) is -9.87.